The number of hydrogen-bond acceptors (Lipinski definition) is 2. The van der Waals surface area contributed by atoms with E-state index in [2.05, 4.69) is 81.9 Å². The lowest BCUT2D eigenvalue weighted by Crippen LogP contribution is -2.03. The third-order valence-corrected chi connectivity index (χ3v) is 5.38. The van der Waals surface area contributed by atoms with Gasteiger partial charge >= 0.3 is 0 Å². The van der Waals surface area contributed by atoms with E-state index in [1.165, 1.54) is 27.9 Å². The number of anilines is 1. The molecule has 1 N–H and O–H groups in total. The molecule has 0 saturated carbocycles. The summed E-state index contributed by atoms with van der Waals surface area (Å²) >= 11 is 3.61. The molecule has 3 aromatic carbocycles. The summed E-state index contributed by atoms with van der Waals surface area (Å²) in [4.78, 5) is 0. The van der Waals surface area contributed by atoms with Crippen molar-refractivity contribution in [3.05, 3.63) is 112 Å². The highest BCUT2D eigenvalue weighted by molar-refractivity contribution is 9.10. The van der Waals surface area contributed by atoms with Crippen molar-refractivity contribution < 1.29 is 4.74 Å². The van der Waals surface area contributed by atoms with Crippen molar-refractivity contribution in [2.45, 2.75) is 18.9 Å². The lowest BCUT2D eigenvalue weighted by molar-refractivity contribution is 0.235. The molecule has 0 aliphatic carbocycles. The minimum atomic E-state index is 0.138. The number of para-hydroxylation sites is 1. The Morgan fingerprint density at radius 1 is 1.00 bits per heavy atom. The maximum atomic E-state index is 5.83. The van der Waals surface area contributed by atoms with Gasteiger partial charge in [0.15, 0.2) is 0 Å². The molecule has 4 rings (SSSR count). The first kappa shape index (κ1) is 17.9. The fraction of sp³-hybridized carbons (Fsp3) is 0.167. The summed E-state index contributed by atoms with van der Waals surface area (Å²) in [6, 6.07) is 25.3. The predicted octanol–water partition coefficient (Wildman–Crippen LogP) is 6.28. The summed E-state index contributed by atoms with van der Waals surface area (Å²) in [5, 5.41) is 3.56. The normalized spacial score (nSPS) is 14.0. The van der Waals surface area contributed by atoms with Gasteiger partial charge in [-0.05, 0) is 46.9 Å². The summed E-state index contributed by atoms with van der Waals surface area (Å²) in [6.07, 6.45) is 5.08. The van der Waals surface area contributed by atoms with E-state index in [0.29, 0.717) is 6.61 Å². The first-order valence-electron chi connectivity index (χ1n) is 9.24. The summed E-state index contributed by atoms with van der Waals surface area (Å²) < 4.78 is 6.92. The second-order valence-electron chi connectivity index (χ2n) is 6.72. The van der Waals surface area contributed by atoms with Gasteiger partial charge in [-0.25, -0.2) is 0 Å². The molecule has 136 valence electrons. The maximum Gasteiger partial charge on any atom is 0.112 e. The van der Waals surface area contributed by atoms with Gasteiger partial charge in [0.1, 0.15) is 6.61 Å². The average Bonchev–Trinajstić information content (AvgIpc) is 3.18. The van der Waals surface area contributed by atoms with Crippen molar-refractivity contribution in [1.82, 2.24) is 0 Å². The Morgan fingerprint density at radius 3 is 2.70 bits per heavy atom. The Kier molecular flexibility index (Phi) is 5.59. The summed E-state index contributed by atoms with van der Waals surface area (Å²) in [7, 11) is 0. The molecule has 0 amide bonds. The Balaban J connectivity index is 1.61. The molecule has 27 heavy (non-hydrogen) atoms. The molecule has 1 atom stereocenters. The molecule has 0 radical (unpaired) electrons. The zero-order valence-corrected chi connectivity index (χ0v) is 16.7. The monoisotopic (exact) mass is 419 g/mol. The number of nitrogens with one attached hydrogen (secondary N) is 1. The van der Waals surface area contributed by atoms with Crippen molar-refractivity contribution in [2.75, 3.05) is 11.9 Å². The lowest BCUT2D eigenvalue weighted by atomic mass is 9.89. The van der Waals surface area contributed by atoms with Gasteiger partial charge in [0.2, 0.25) is 0 Å². The molecular weight excluding hydrogens is 398 g/mol. The minimum Gasteiger partial charge on any atom is -0.497 e. The zero-order chi connectivity index (χ0) is 18.5. The van der Waals surface area contributed by atoms with Gasteiger partial charge in [-0.15, -0.1) is 0 Å². The van der Waals surface area contributed by atoms with Gasteiger partial charge in [0.05, 0.1) is 6.26 Å². The van der Waals surface area contributed by atoms with E-state index in [1.807, 2.05) is 24.5 Å². The molecule has 0 bridgehead atoms. The van der Waals surface area contributed by atoms with Crippen LogP contribution in [0, 0.1) is 0 Å². The van der Waals surface area contributed by atoms with Crippen LogP contribution in [0.3, 0.4) is 0 Å². The minimum absolute atomic E-state index is 0.138. The van der Waals surface area contributed by atoms with E-state index in [0.717, 1.165) is 17.4 Å². The summed E-state index contributed by atoms with van der Waals surface area (Å²) in [5.41, 5.74) is 6.37. The lowest BCUT2D eigenvalue weighted by Gasteiger charge is -2.18. The van der Waals surface area contributed by atoms with Crippen LogP contribution in [-0.2, 0) is 17.8 Å². The largest absolute Gasteiger partial charge is 0.497 e. The molecule has 0 spiro atoms. The fourth-order valence-electron chi connectivity index (χ4n) is 3.57. The molecule has 1 aliphatic heterocycles. The maximum absolute atomic E-state index is 5.83. The topological polar surface area (TPSA) is 21.3 Å². The van der Waals surface area contributed by atoms with E-state index >= 15 is 0 Å². The molecule has 3 aromatic rings. The molecular formula is C24H22BrNO. The number of rotatable bonds is 6. The Bertz CT molecular complexity index is 936. The number of allylic oxidation sites excluding steroid dienone is 1. The van der Waals surface area contributed by atoms with Crippen molar-refractivity contribution in [3.8, 4) is 0 Å². The van der Waals surface area contributed by atoms with Gasteiger partial charge in [-0.2, -0.15) is 0 Å². The van der Waals surface area contributed by atoms with Crippen molar-refractivity contribution in [1.29, 1.82) is 0 Å². The van der Waals surface area contributed by atoms with Gasteiger partial charge in [0.25, 0.3) is 0 Å². The third-order valence-electron chi connectivity index (χ3n) is 4.88. The van der Waals surface area contributed by atoms with Crippen LogP contribution in [0.1, 0.15) is 28.2 Å². The highest BCUT2D eigenvalue weighted by Crippen LogP contribution is 2.36. The van der Waals surface area contributed by atoms with Gasteiger partial charge < -0.3 is 10.1 Å². The molecule has 3 heteroatoms. The van der Waals surface area contributed by atoms with Crippen LogP contribution in [0.2, 0.25) is 0 Å². The van der Waals surface area contributed by atoms with Crippen LogP contribution in [0.15, 0.2) is 89.6 Å². The first-order chi connectivity index (χ1) is 13.3. The Hall–Kier alpha value is -2.52. The van der Waals surface area contributed by atoms with Crippen LogP contribution >= 0.6 is 15.9 Å². The molecule has 2 nitrogen and oxygen atoms in total. The van der Waals surface area contributed by atoms with E-state index in [9.17, 15) is 0 Å². The standard InChI is InChI=1S/C24H22BrNO/c25-21-10-4-9-20(16-21)22(13-15-27-17-18-6-2-1-3-7-18)23-11-5-8-19-12-14-26-24(19)23/h1-11,13,15-16,22,26H,12,14,17H2. The molecule has 0 fully saturated rings. The van der Waals surface area contributed by atoms with Crippen molar-refractivity contribution in [2.24, 2.45) is 0 Å². The number of hydrogen-bond donors (Lipinski definition) is 1. The molecule has 0 aromatic heterocycles. The summed E-state index contributed by atoms with van der Waals surface area (Å²) in [5.74, 6) is 0.138. The molecule has 1 aliphatic rings. The summed E-state index contributed by atoms with van der Waals surface area (Å²) in [6.45, 7) is 1.58. The SMILES string of the molecule is Brc1cccc(C(C=COCc2ccccc2)c2cccc3c2NCC3)c1. The van der Waals surface area contributed by atoms with Crippen molar-refractivity contribution in [3.63, 3.8) is 0 Å². The van der Waals surface area contributed by atoms with E-state index in [1.54, 1.807) is 0 Å². The van der Waals surface area contributed by atoms with Crippen LogP contribution in [0.25, 0.3) is 0 Å². The molecule has 0 saturated heterocycles. The van der Waals surface area contributed by atoms with Crippen LogP contribution in [0.5, 0.6) is 0 Å². The number of benzene rings is 3. The molecule has 1 unspecified atom stereocenters. The van der Waals surface area contributed by atoms with Gasteiger partial charge in [-0.3, -0.25) is 0 Å². The zero-order valence-electron chi connectivity index (χ0n) is 15.1. The number of ether oxygens (including phenoxy) is 1. The second-order valence-corrected chi connectivity index (χ2v) is 7.63. The van der Waals surface area contributed by atoms with Gasteiger partial charge in [-0.1, -0.05) is 76.6 Å². The molecule has 1 heterocycles. The van der Waals surface area contributed by atoms with Crippen LogP contribution in [0.4, 0.5) is 5.69 Å². The van der Waals surface area contributed by atoms with E-state index in [4.69, 9.17) is 4.74 Å². The number of fused-ring (bicyclic) bond motifs is 1. The predicted molar refractivity (Wildman–Crippen MR) is 115 cm³/mol. The van der Waals surface area contributed by atoms with Crippen molar-refractivity contribution >= 4 is 21.6 Å². The second kappa shape index (κ2) is 8.45. The smallest absolute Gasteiger partial charge is 0.112 e. The number of halogens is 1. The highest BCUT2D eigenvalue weighted by Gasteiger charge is 2.20. The Morgan fingerprint density at radius 2 is 1.85 bits per heavy atom. The van der Waals surface area contributed by atoms with Crippen LogP contribution in [-0.4, -0.2) is 6.54 Å². The third kappa shape index (κ3) is 4.25. The van der Waals surface area contributed by atoms with Gasteiger partial charge in [0, 0.05) is 22.6 Å². The fourth-order valence-corrected chi connectivity index (χ4v) is 3.99. The van der Waals surface area contributed by atoms with E-state index < -0.39 is 0 Å². The first-order valence-corrected chi connectivity index (χ1v) is 10.0. The quantitative estimate of drug-likeness (QED) is 0.474. The van der Waals surface area contributed by atoms with E-state index in [-0.39, 0.29) is 5.92 Å². The average molecular weight is 420 g/mol. The highest BCUT2D eigenvalue weighted by atomic mass is 79.9. The Labute approximate surface area is 169 Å². The van der Waals surface area contributed by atoms with Crippen LogP contribution < -0.4 is 5.32 Å².